The Labute approximate surface area is 215 Å². The van der Waals surface area contributed by atoms with Crippen molar-refractivity contribution in [1.82, 2.24) is 15.8 Å². The van der Waals surface area contributed by atoms with Gasteiger partial charge in [0.15, 0.2) is 21.4 Å². The zero-order chi connectivity index (χ0) is 25.2. The number of anilines is 2. The van der Waals surface area contributed by atoms with Crippen LogP contribution in [0.15, 0.2) is 35.4 Å². The van der Waals surface area contributed by atoms with Crippen LogP contribution in [0.2, 0.25) is 5.02 Å². The van der Waals surface area contributed by atoms with Gasteiger partial charge in [-0.3, -0.25) is 10.2 Å². The van der Waals surface area contributed by atoms with Crippen LogP contribution >= 0.6 is 11.6 Å². The number of hydrogen-bond acceptors (Lipinski definition) is 8. The number of nitrogens with zero attached hydrogens (tertiary/aromatic N) is 1. The van der Waals surface area contributed by atoms with Crippen LogP contribution < -0.4 is 26.2 Å². The smallest absolute Gasteiger partial charge is 0.235 e. The summed E-state index contributed by atoms with van der Waals surface area (Å²) in [4.78, 5) is 17.5. The minimum Gasteiger partial charge on any atom is -0.490 e. The first kappa shape index (κ1) is 24.0. The largest absolute Gasteiger partial charge is 0.490 e. The van der Waals surface area contributed by atoms with E-state index in [0.717, 1.165) is 43.2 Å². The first-order chi connectivity index (χ1) is 17.2. The number of ether oxygens (including phenoxy) is 1. The van der Waals surface area contributed by atoms with Crippen LogP contribution in [0, 0.1) is 17.8 Å². The van der Waals surface area contributed by atoms with E-state index in [4.69, 9.17) is 16.3 Å². The summed E-state index contributed by atoms with van der Waals surface area (Å²) >= 11 is 6.27. The third-order valence-electron chi connectivity index (χ3n) is 8.34. The van der Waals surface area contributed by atoms with Crippen LogP contribution in [0.1, 0.15) is 38.2 Å². The lowest BCUT2D eigenvalue weighted by atomic mass is 9.74. The van der Waals surface area contributed by atoms with E-state index in [-0.39, 0.29) is 23.0 Å². The normalized spacial score (nSPS) is 32.6. The molecule has 36 heavy (non-hydrogen) atoms. The lowest BCUT2D eigenvalue weighted by Crippen LogP contribution is -2.39. The topological polar surface area (TPSA) is 121 Å². The highest BCUT2D eigenvalue weighted by Crippen LogP contribution is 2.65. The maximum atomic E-state index is 13.0. The molecular weight excluding hydrogens is 502 g/mol. The van der Waals surface area contributed by atoms with E-state index < -0.39 is 15.3 Å². The maximum absolute atomic E-state index is 13.0. The van der Waals surface area contributed by atoms with E-state index in [2.05, 4.69) is 26.5 Å². The Bertz CT molecular complexity index is 1340. The highest BCUT2D eigenvalue weighted by Gasteiger charge is 2.67. The summed E-state index contributed by atoms with van der Waals surface area (Å²) in [6, 6.07) is 7.46. The molecule has 2 saturated carbocycles. The first-order valence-electron chi connectivity index (χ1n) is 12.4. The average molecular weight is 532 g/mol. The Balaban J connectivity index is 1.15. The number of benzene rings is 1. The highest BCUT2D eigenvalue weighted by molar-refractivity contribution is 7.90. The minimum absolute atomic E-state index is 0.0748. The van der Waals surface area contributed by atoms with Gasteiger partial charge in [-0.1, -0.05) is 11.6 Å². The van der Waals surface area contributed by atoms with Crippen LogP contribution in [0.3, 0.4) is 0 Å². The molecule has 1 saturated heterocycles. The second-order valence-electron chi connectivity index (χ2n) is 10.4. The second kappa shape index (κ2) is 8.58. The van der Waals surface area contributed by atoms with E-state index >= 15 is 0 Å². The fraction of sp³-hybridized carbons (Fsp3) is 0.520. The third kappa shape index (κ3) is 3.86. The monoisotopic (exact) mass is 531 g/mol. The van der Waals surface area contributed by atoms with Gasteiger partial charge in [0.1, 0.15) is 0 Å². The molecule has 2 aliphatic carbocycles. The number of halogens is 1. The fourth-order valence-electron chi connectivity index (χ4n) is 6.53. The predicted molar refractivity (Wildman–Crippen MR) is 137 cm³/mol. The van der Waals surface area contributed by atoms with Gasteiger partial charge >= 0.3 is 0 Å². The molecule has 0 radical (unpaired) electrons. The summed E-state index contributed by atoms with van der Waals surface area (Å²) in [6.07, 6.45) is 6.33. The number of carbonyl (C=O) groups is 1. The Hall–Kier alpha value is -2.40. The summed E-state index contributed by atoms with van der Waals surface area (Å²) in [5.41, 5.74) is 8.33. The summed E-state index contributed by atoms with van der Waals surface area (Å²) in [7, 11) is -3.38. The Morgan fingerprint density at radius 1 is 1.25 bits per heavy atom. The van der Waals surface area contributed by atoms with Gasteiger partial charge in [0.25, 0.3) is 0 Å². The molecule has 192 valence electrons. The summed E-state index contributed by atoms with van der Waals surface area (Å²) in [5.74, 6) is 2.13. The molecule has 0 bridgehead atoms. The molecule has 6 rings (SSSR count). The number of rotatable bonds is 6. The van der Waals surface area contributed by atoms with E-state index in [1.165, 1.54) is 12.3 Å². The minimum atomic E-state index is -3.38. The molecule has 2 aliphatic heterocycles. The van der Waals surface area contributed by atoms with Gasteiger partial charge in [-0.2, -0.15) is 0 Å². The van der Waals surface area contributed by atoms with Crippen LogP contribution in [0.4, 0.5) is 11.5 Å². The maximum Gasteiger partial charge on any atom is 0.235 e. The molecular formula is C25H30ClN5O4S. The molecule has 3 fully saturated rings. The van der Waals surface area contributed by atoms with Gasteiger partial charge in [0.2, 0.25) is 5.91 Å². The average Bonchev–Trinajstić information content (AvgIpc) is 3.39. The predicted octanol–water partition coefficient (Wildman–Crippen LogP) is 3.08. The molecule has 2 aromatic rings. The van der Waals surface area contributed by atoms with Gasteiger partial charge in [-0.05, 0) is 68.2 Å². The second-order valence-corrected chi connectivity index (χ2v) is 12.9. The molecule has 1 aromatic carbocycles. The number of fused-ring (bicyclic) bond motifs is 3. The van der Waals surface area contributed by atoms with Crippen molar-refractivity contribution in [1.29, 1.82) is 0 Å². The van der Waals surface area contributed by atoms with Gasteiger partial charge in [0.05, 0.1) is 23.1 Å². The zero-order valence-corrected chi connectivity index (χ0v) is 21.7. The summed E-state index contributed by atoms with van der Waals surface area (Å²) in [5, 5.41) is 7.15. The van der Waals surface area contributed by atoms with E-state index in [0.29, 0.717) is 41.0 Å². The zero-order valence-electron chi connectivity index (χ0n) is 20.2. The number of carbonyl (C=O) groups excluding carboxylic acids is 1. The van der Waals surface area contributed by atoms with Crippen LogP contribution in [0.25, 0.3) is 0 Å². The lowest BCUT2D eigenvalue weighted by Gasteiger charge is -2.34. The van der Waals surface area contributed by atoms with Crippen molar-refractivity contribution >= 4 is 38.9 Å². The van der Waals surface area contributed by atoms with Crippen molar-refractivity contribution in [2.75, 3.05) is 23.5 Å². The van der Waals surface area contributed by atoms with Crippen LogP contribution in [-0.4, -0.2) is 44.4 Å². The van der Waals surface area contributed by atoms with Crippen molar-refractivity contribution in [2.24, 2.45) is 17.8 Å². The van der Waals surface area contributed by atoms with Crippen LogP contribution in [0.5, 0.6) is 5.75 Å². The summed E-state index contributed by atoms with van der Waals surface area (Å²) < 4.78 is 29.6. The Kier molecular flexibility index (Phi) is 5.71. The number of sulfone groups is 1. The van der Waals surface area contributed by atoms with Gasteiger partial charge < -0.3 is 15.4 Å². The SMILES string of the molecule is CCOc1cc(S(C)(=O)=O)cnc1NC1NNC2CC([C@@H]3C[C@@]34C(=O)Nc3ccc(Cl)cc34)CCC21. The molecule has 4 unspecified atom stereocenters. The molecule has 1 spiro atoms. The molecule has 3 heterocycles. The van der Waals surface area contributed by atoms with Crippen LogP contribution in [-0.2, 0) is 20.0 Å². The molecule has 11 heteroatoms. The number of hydrogen-bond donors (Lipinski definition) is 4. The summed E-state index contributed by atoms with van der Waals surface area (Å²) in [6.45, 7) is 2.25. The highest BCUT2D eigenvalue weighted by atomic mass is 35.5. The molecule has 4 aliphatic rings. The van der Waals surface area contributed by atoms with Gasteiger partial charge in [-0.25, -0.2) is 18.8 Å². The number of amides is 1. The molecule has 9 nitrogen and oxygen atoms in total. The van der Waals surface area contributed by atoms with E-state index in [9.17, 15) is 13.2 Å². The molecule has 1 aromatic heterocycles. The first-order valence-corrected chi connectivity index (χ1v) is 14.7. The fourth-order valence-corrected chi connectivity index (χ4v) is 7.27. The van der Waals surface area contributed by atoms with Gasteiger partial charge in [-0.15, -0.1) is 0 Å². The molecule has 1 amide bonds. The van der Waals surface area contributed by atoms with Gasteiger partial charge in [0, 0.05) is 41.2 Å². The number of aromatic nitrogens is 1. The van der Waals surface area contributed by atoms with Crippen molar-refractivity contribution in [2.45, 2.75) is 55.1 Å². The Morgan fingerprint density at radius 3 is 2.86 bits per heavy atom. The number of pyridine rings is 1. The molecule has 4 N–H and O–H groups in total. The van der Waals surface area contributed by atoms with E-state index in [1.807, 2.05) is 25.1 Å². The number of nitrogens with one attached hydrogen (secondary N) is 4. The van der Waals surface area contributed by atoms with E-state index in [1.54, 1.807) is 0 Å². The van der Waals surface area contributed by atoms with Crippen molar-refractivity contribution in [3.05, 3.63) is 41.0 Å². The number of hydrazine groups is 1. The van der Waals surface area contributed by atoms with Crippen molar-refractivity contribution in [3.63, 3.8) is 0 Å². The van der Waals surface area contributed by atoms with Crippen molar-refractivity contribution < 1.29 is 17.9 Å². The lowest BCUT2D eigenvalue weighted by molar-refractivity contribution is -0.118. The standard InChI is InChI=1S/C25H30ClN5O4S/c1-3-35-21-10-15(36(2,33)34)12-27-23(21)29-22-16-6-4-13(8-20(16)30-31-22)18-11-25(18)17-9-14(26)5-7-19(17)28-24(25)32/h5,7,9-10,12-13,16,18,20,22,30-31H,3-4,6,8,11H2,1-2H3,(H,27,29)(H,28,32)/t13?,16?,18-,20?,22?,25-/m0/s1. The third-order valence-corrected chi connectivity index (χ3v) is 9.66. The van der Waals surface area contributed by atoms with Crippen molar-refractivity contribution in [3.8, 4) is 5.75 Å². The molecule has 6 atom stereocenters. The quantitative estimate of drug-likeness (QED) is 0.449. The Morgan fingerprint density at radius 2 is 2.08 bits per heavy atom.